The van der Waals surface area contributed by atoms with Gasteiger partial charge in [-0.05, 0) is 48.6 Å². The van der Waals surface area contributed by atoms with Crippen LogP contribution in [0.2, 0.25) is 0 Å². The summed E-state index contributed by atoms with van der Waals surface area (Å²) in [6, 6.07) is 12.4. The van der Waals surface area contributed by atoms with Gasteiger partial charge in [0.05, 0.1) is 22.4 Å². The standard InChI is InChI=1S/C25H23N3O4S2/c1-3-6-18-21(24(30)31-4-2)22(19-7-5-14-33-19)28-23(29)20(34-25(28)27-18)15-16-8-10-17(11-9-16)32-13-12-26/h5,7-11,14-15,22H,3-4,6,13H2,1-2H3/b20-15-/t22-/m1/s1. The van der Waals surface area contributed by atoms with Crippen molar-refractivity contribution in [2.75, 3.05) is 13.2 Å². The summed E-state index contributed by atoms with van der Waals surface area (Å²) in [7, 11) is 0. The summed E-state index contributed by atoms with van der Waals surface area (Å²) in [5, 5.41) is 10.6. The van der Waals surface area contributed by atoms with Gasteiger partial charge in [0.2, 0.25) is 0 Å². The van der Waals surface area contributed by atoms with Crippen molar-refractivity contribution in [3.8, 4) is 11.8 Å². The number of hydrogen-bond donors (Lipinski definition) is 0. The molecule has 0 N–H and O–H groups in total. The third-order valence-corrected chi connectivity index (χ3v) is 7.09. The molecule has 3 heterocycles. The molecule has 1 aliphatic heterocycles. The number of thiazole rings is 1. The Morgan fingerprint density at radius 3 is 2.71 bits per heavy atom. The van der Waals surface area contributed by atoms with Crippen molar-refractivity contribution in [1.82, 2.24) is 4.57 Å². The molecule has 0 fully saturated rings. The summed E-state index contributed by atoms with van der Waals surface area (Å²) < 4.78 is 12.8. The number of ether oxygens (including phenoxy) is 2. The zero-order valence-corrected chi connectivity index (χ0v) is 20.4. The molecule has 0 bridgehead atoms. The summed E-state index contributed by atoms with van der Waals surface area (Å²) in [6.45, 7) is 4.02. The zero-order valence-electron chi connectivity index (χ0n) is 18.8. The first kappa shape index (κ1) is 23.7. The van der Waals surface area contributed by atoms with E-state index in [1.54, 1.807) is 29.7 Å². The van der Waals surface area contributed by atoms with Crippen LogP contribution >= 0.6 is 22.7 Å². The zero-order chi connectivity index (χ0) is 24.1. The number of esters is 1. The predicted molar refractivity (Wildman–Crippen MR) is 132 cm³/mol. The number of benzene rings is 1. The molecule has 0 aliphatic carbocycles. The average Bonchev–Trinajstić information content (AvgIpc) is 3.47. The topological polar surface area (TPSA) is 93.7 Å². The number of carbonyl (C=O) groups is 1. The Balaban J connectivity index is 1.86. The van der Waals surface area contributed by atoms with Crippen LogP contribution in [0, 0.1) is 11.3 Å². The second-order valence-corrected chi connectivity index (χ2v) is 9.43. The molecular weight excluding hydrogens is 470 g/mol. The van der Waals surface area contributed by atoms with E-state index in [-0.39, 0.29) is 18.8 Å². The Kier molecular flexibility index (Phi) is 7.40. The van der Waals surface area contributed by atoms with Crippen LogP contribution in [0.3, 0.4) is 0 Å². The molecule has 3 aromatic rings. The number of nitrogens with zero attached hydrogens (tertiary/aromatic N) is 3. The number of fused-ring (bicyclic) bond motifs is 1. The Labute approximate surface area is 204 Å². The van der Waals surface area contributed by atoms with Crippen LogP contribution in [0.5, 0.6) is 5.75 Å². The normalized spacial score (nSPS) is 15.4. The van der Waals surface area contributed by atoms with Gasteiger partial charge in [-0.3, -0.25) is 9.36 Å². The highest BCUT2D eigenvalue weighted by Crippen LogP contribution is 2.34. The van der Waals surface area contributed by atoms with E-state index >= 15 is 0 Å². The van der Waals surface area contributed by atoms with Crippen LogP contribution in [-0.2, 0) is 9.53 Å². The summed E-state index contributed by atoms with van der Waals surface area (Å²) in [5.74, 6) is 0.150. The summed E-state index contributed by atoms with van der Waals surface area (Å²) >= 11 is 2.80. The Hall–Kier alpha value is -3.48. The highest BCUT2D eigenvalue weighted by atomic mass is 32.1. The number of aromatic nitrogens is 1. The third kappa shape index (κ3) is 4.74. The van der Waals surface area contributed by atoms with E-state index in [4.69, 9.17) is 19.7 Å². The van der Waals surface area contributed by atoms with Crippen molar-refractivity contribution in [2.45, 2.75) is 32.7 Å². The fourth-order valence-electron chi connectivity index (χ4n) is 3.76. The van der Waals surface area contributed by atoms with E-state index in [1.165, 1.54) is 22.7 Å². The second kappa shape index (κ2) is 10.6. The van der Waals surface area contributed by atoms with Gasteiger partial charge in [-0.15, -0.1) is 11.3 Å². The van der Waals surface area contributed by atoms with Gasteiger partial charge >= 0.3 is 5.97 Å². The number of carbonyl (C=O) groups excluding carboxylic acids is 1. The number of allylic oxidation sites excluding steroid dienone is 1. The van der Waals surface area contributed by atoms with E-state index < -0.39 is 12.0 Å². The molecule has 34 heavy (non-hydrogen) atoms. The molecule has 0 radical (unpaired) electrons. The van der Waals surface area contributed by atoms with Gasteiger partial charge in [-0.1, -0.05) is 42.9 Å². The lowest BCUT2D eigenvalue weighted by atomic mass is 9.99. The van der Waals surface area contributed by atoms with Gasteiger partial charge in [0.1, 0.15) is 17.9 Å². The van der Waals surface area contributed by atoms with Crippen molar-refractivity contribution in [1.29, 1.82) is 5.26 Å². The summed E-state index contributed by atoms with van der Waals surface area (Å²) in [6.07, 6.45) is 3.23. The van der Waals surface area contributed by atoms with Crippen molar-refractivity contribution in [2.24, 2.45) is 4.99 Å². The first-order chi connectivity index (χ1) is 16.6. The van der Waals surface area contributed by atoms with Crippen LogP contribution in [0.4, 0.5) is 0 Å². The molecule has 0 amide bonds. The highest BCUT2D eigenvalue weighted by Gasteiger charge is 2.34. The first-order valence-electron chi connectivity index (χ1n) is 10.9. The monoisotopic (exact) mass is 493 g/mol. The van der Waals surface area contributed by atoms with E-state index in [1.807, 2.05) is 42.6 Å². The number of hydrogen-bond acceptors (Lipinski definition) is 8. The van der Waals surface area contributed by atoms with Gasteiger partial charge in [-0.2, -0.15) is 5.26 Å². The fraction of sp³-hybridized carbons (Fsp3) is 0.280. The predicted octanol–water partition coefficient (Wildman–Crippen LogP) is 3.54. The smallest absolute Gasteiger partial charge is 0.338 e. The Morgan fingerprint density at radius 1 is 1.26 bits per heavy atom. The number of thiophene rings is 1. The molecule has 2 aromatic heterocycles. The van der Waals surface area contributed by atoms with Crippen LogP contribution in [0.15, 0.2) is 62.8 Å². The van der Waals surface area contributed by atoms with Crippen LogP contribution in [-0.4, -0.2) is 23.8 Å². The molecule has 0 saturated carbocycles. The lowest BCUT2D eigenvalue weighted by molar-refractivity contribution is -0.139. The minimum absolute atomic E-state index is 0.0242. The molecule has 1 aromatic carbocycles. The van der Waals surface area contributed by atoms with Crippen molar-refractivity contribution in [3.63, 3.8) is 0 Å². The minimum Gasteiger partial charge on any atom is -0.479 e. The van der Waals surface area contributed by atoms with Crippen molar-refractivity contribution >= 4 is 34.7 Å². The molecule has 4 rings (SSSR count). The first-order valence-corrected chi connectivity index (χ1v) is 12.6. The Morgan fingerprint density at radius 2 is 2.06 bits per heavy atom. The van der Waals surface area contributed by atoms with Gasteiger partial charge in [0, 0.05) is 4.88 Å². The highest BCUT2D eigenvalue weighted by molar-refractivity contribution is 7.10. The third-order valence-electron chi connectivity index (χ3n) is 5.19. The fourth-order valence-corrected chi connectivity index (χ4v) is 5.61. The molecule has 9 heteroatoms. The van der Waals surface area contributed by atoms with Crippen molar-refractivity contribution in [3.05, 3.63) is 83.2 Å². The van der Waals surface area contributed by atoms with Gasteiger partial charge in [0.15, 0.2) is 11.4 Å². The molecule has 0 saturated heterocycles. The number of nitriles is 1. The maximum Gasteiger partial charge on any atom is 0.338 e. The molecule has 174 valence electrons. The molecule has 1 atom stereocenters. The molecule has 1 aliphatic rings. The van der Waals surface area contributed by atoms with Gasteiger partial charge in [-0.25, -0.2) is 9.79 Å². The lowest BCUT2D eigenvalue weighted by Gasteiger charge is -2.24. The molecule has 0 spiro atoms. The molecule has 7 nitrogen and oxygen atoms in total. The largest absolute Gasteiger partial charge is 0.479 e. The maximum absolute atomic E-state index is 13.6. The van der Waals surface area contributed by atoms with Crippen molar-refractivity contribution < 1.29 is 14.3 Å². The van der Waals surface area contributed by atoms with E-state index in [0.29, 0.717) is 32.8 Å². The van der Waals surface area contributed by atoms with Gasteiger partial charge < -0.3 is 9.47 Å². The van der Waals surface area contributed by atoms with E-state index in [0.717, 1.165) is 16.9 Å². The van der Waals surface area contributed by atoms with Crippen LogP contribution < -0.4 is 19.6 Å². The summed E-state index contributed by atoms with van der Waals surface area (Å²) in [5.41, 5.74) is 1.72. The van der Waals surface area contributed by atoms with E-state index in [9.17, 15) is 9.59 Å². The maximum atomic E-state index is 13.6. The average molecular weight is 494 g/mol. The second-order valence-electron chi connectivity index (χ2n) is 7.44. The van der Waals surface area contributed by atoms with Gasteiger partial charge in [0.25, 0.3) is 5.56 Å². The lowest BCUT2D eigenvalue weighted by Crippen LogP contribution is -2.39. The number of rotatable bonds is 8. The van der Waals surface area contributed by atoms with Crippen LogP contribution in [0.1, 0.15) is 43.2 Å². The quantitative estimate of drug-likeness (QED) is 0.448. The van der Waals surface area contributed by atoms with Crippen LogP contribution in [0.25, 0.3) is 6.08 Å². The van der Waals surface area contributed by atoms with E-state index in [2.05, 4.69) is 0 Å². The molecule has 0 unspecified atom stereocenters. The molecular formula is C25H23N3O4S2. The summed E-state index contributed by atoms with van der Waals surface area (Å²) in [4.78, 5) is 32.8. The minimum atomic E-state index is -0.569. The SMILES string of the molecule is CCCC1=C(C(=O)OCC)[C@@H](c2cccs2)n2c(s/c(=C\c3ccc(OCC#N)cc3)c2=O)=N1. The Bertz CT molecular complexity index is 1430.